The fourth-order valence-electron chi connectivity index (χ4n) is 1.64. The van der Waals surface area contributed by atoms with Crippen molar-refractivity contribution in [2.75, 3.05) is 23.8 Å². The molecule has 0 saturated carbocycles. The van der Waals surface area contributed by atoms with Crippen LogP contribution in [0.3, 0.4) is 0 Å². The van der Waals surface area contributed by atoms with E-state index in [1.807, 2.05) is 24.9 Å². The summed E-state index contributed by atoms with van der Waals surface area (Å²) in [5, 5.41) is 3.34. The van der Waals surface area contributed by atoms with E-state index in [4.69, 9.17) is 0 Å². The van der Waals surface area contributed by atoms with Gasteiger partial charge >= 0.3 is 0 Å². The average Bonchev–Trinajstić information content (AvgIpc) is 2.22. The highest BCUT2D eigenvalue weighted by molar-refractivity contribution is 5.76. The third kappa shape index (κ3) is 5.68. The first-order valence-corrected chi connectivity index (χ1v) is 6.52. The Bertz CT molecular complexity index is 451. The molecule has 0 radical (unpaired) electrons. The normalized spacial score (nSPS) is 11.3. The van der Waals surface area contributed by atoms with Crippen LogP contribution in [0.2, 0.25) is 0 Å². The molecule has 19 heavy (non-hydrogen) atoms. The van der Waals surface area contributed by atoms with Crippen molar-refractivity contribution in [3.8, 4) is 0 Å². The number of anilines is 2. The molecule has 0 unspecified atom stereocenters. The summed E-state index contributed by atoms with van der Waals surface area (Å²) in [7, 11) is 1.94. The molecule has 1 aromatic rings. The zero-order valence-corrected chi connectivity index (χ0v) is 12.7. The van der Waals surface area contributed by atoms with Crippen molar-refractivity contribution in [2.24, 2.45) is 0 Å². The topological polar surface area (TPSA) is 58.1 Å². The van der Waals surface area contributed by atoms with E-state index in [9.17, 15) is 4.79 Å². The number of nitrogens with zero attached hydrogens (tertiary/aromatic N) is 3. The second-order valence-corrected chi connectivity index (χ2v) is 5.91. The zero-order valence-electron chi connectivity index (χ0n) is 12.7. The number of ketones is 1. The fraction of sp³-hybridized carbons (Fsp3) is 0.643. The predicted octanol–water partition coefficient (Wildman–Crippen LogP) is 2.41. The number of hydrogen-bond donors (Lipinski definition) is 1. The Kier molecular flexibility index (Phi) is 4.86. The number of carbonyl (C=O) groups excluding carboxylic acids is 1. The van der Waals surface area contributed by atoms with Gasteiger partial charge in [0.2, 0.25) is 0 Å². The monoisotopic (exact) mass is 264 g/mol. The first-order valence-electron chi connectivity index (χ1n) is 6.52. The summed E-state index contributed by atoms with van der Waals surface area (Å²) in [6.07, 6.45) is 0.529. The summed E-state index contributed by atoms with van der Waals surface area (Å²) in [6.45, 7) is 10.4. The SMILES string of the molecule is CC(=O)CCN(C)c1cc(NC(C)(C)C)nc(C)n1. The van der Waals surface area contributed by atoms with E-state index in [0.717, 1.165) is 17.5 Å². The minimum Gasteiger partial charge on any atom is -0.365 e. The van der Waals surface area contributed by atoms with Crippen LogP contribution in [-0.2, 0) is 4.79 Å². The molecular formula is C14H24N4O. The molecule has 106 valence electrons. The van der Waals surface area contributed by atoms with Crippen LogP contribution in [0.4, 0.5) is 11.6 Å². The molecule has 0 spiro atoms. The van der Waals surface area contributed by atoms with E-state index in [1.54, 1.807) is 6.92 Å². The smallest absolute Gasteiger partial charge is 0.134 e. The highest BCUT2D eigenvalue weighted by atomic mass is 16.1. The Hall–Kier alpha value is -1.65. The molecule has 0 amide bonds. The van der Waals surface area contributed by atoms with Crippen LogP contribution < -0.4 is 10.2 Å². The van der Waals surface area contributed by atoms with Gasteiger partial charge in [-0.25, -0.2) is 9.97 Å². The molecule has 0 saturated heterocycles. The number of carbonyl (C=O) groups is 1. The third-order valence-electron chi connectivity index (χ3n) is 2.52. The molecule has 0 aromatic carbocycles. The Morgan fingerprint density at radius 3 is 2.53 bits per heavy atom. The lowest BCUT2D eigenvalue weighted by Gasteiger charge is -2.23. The predicted molar refractivity (Wildman–Crippen MR) is 78.7 cm³/mol. The molecule has 1 rings (SSSR count). The van der Waals surface area contributed by atoms with Crippen molar-refractivity contribution in [1.82, 2.24) is 9.97 Å². The van der Waals surface area contributed by atoms with Crippen molar-refractivity contribution in [1.29, 1.82) is 0 Å². The molecule has 5 heteroatoms. The molecule has 0 atom stereocenters. The summed E-state index contributed by atoms with van der Waals surface area (Å²) in [5.41, 5.74) is -0.0456. The van der Waals surface area contributed by atoms with Crippen LogP contribution in [0.1, 0.15) is 39.9 Å². The van der Waals surface area contributed by atoms with Crippen LogP contribution in [0.5, 0.6) is 0 Å². The average molecular weight is 264 g/mol. The Labute approximate surface area is 115 Å². The van der Waals surface area contributed by atoms with Crippen LogP contribution in [0.25, 0.3) is 0 Å². The van der Waals surface area contributed by atoms with Crippen molar-refractivity contribution < 1.29 is 4.79 Å². The fourth-order valence-corrected chi connectivity index (χ4v) is 1.64. The molecule has 0 aliphatic carbocycles. The first kappa shape index (κ1) is 15.4. The number of aryl methyl sites for hydroxylation is 1. The van der Waals surface area contributed by atoms with E-state index in [0.29, 0.717) is 13.0 Å². The Balaban J connectivity index is 2.86. The molecule has 5 nitrogen and oxygen atoms in total. The molecule has 1 heterocycles. The van der Waals surface area contributed by atoms with Crippen LogP contribution >= 0.6 is 0 Å². The van der Waals surface area contributed by atoms with E-state index >= 15 is 0 Å². The van der Waals surface area contributed by atoms with Gasteiger partial charge in [-0.3, -0.25) is 4.79 Å². The number of rotatable bonds is 5. The number of Topliss-reactive ketones (excluding diaryl/α,β-unsaturated/α-hetero) is 1. The van der Waals surface area contributed by atoms with Gasteiger partial charge in [-0.2, -0.15) is 0 Å². The van der Waals surface area contributed by atoms with E-state index in [1.165, 1.54) is 0 Å². The summed E-state index contributed by atoms with van der Waals surface area (Å²) in [5.74, 6) is 2.55. The second kappa shape index (κ2) is 5.99. The highest BCUT2D eigenvalue weighted by Gasteiger charge is 2.13. The largest absolute Gasteiger partial charge is 0.365 e. The standard InChI is InChI=1S/C14H24N4O/c1-10(19)7-8-18(6)13-9-12(15-11(2)16-13)17-14(3,4)5/h9H,7-8H2,1-6H3,(H,15,16,17). The van der Waals surface area contributed by atoms with Gasteiger partial charge in [-0.1, -0.05) is 0 Å². The van der Waals surface area contributed by atoms with Gasteiger partial charge < -0.3 is 10.2 Å². The summed E-state index contributed by atoms with van der Waals surface area (Å²) >= 11 is 0. The Morgan fingerprint density at radius 2 is 2.00 bits per heavy atom. The first-order chi connectivity index (χ1) is 8.67. The Morgan fingerprint density at radius 1 is 1.37 bits per heavy atom. The van der Waals surface area contributed by atoms with E-state index in [2.05, 4.69) is 36.1 Å². The molecule has 0 fully saturated rings. The van der Waals surface area contributed by atoms with Gasteiger partial charge in [-0.05, 0) is 34.6 Å². The van der Waals surface area contributed by atoms with Crippen LogP contribution in [0.15, 0.2) is 6.07 Å². The lowest BCUT2D eigenvalue weighted by molar-refractivity contribution is -0.116. The van der Waals surface area contributed by atoms with E-state index in [-0.39, 0.29) is 11.3 Å². The van der Waals surface area contributed by atoms with Crippen molar-refractivity contribution in [3.63, 3.8) is 0 Å². The third-order valence-corrected chi connectivity index (χ3v) is 2.52. The molecule has 1 N–H and O–H groups in total. The van der Waals surface area contributed by atoms with Crippen LogP contribution in [-0.4, -0.2) is 34.9 Å². The minimum absolute atomic E-state index is 0.0456. The quantitative estimate of drug-likeness (QED) is 0.885. The van der Waals surface area contributed by atoms with Crippen molar-refractivity contribution in [3.05, 3.63) is 11.9 Å². The summed E-state index contributed by atoms with van der Waals surface area (Å²) < 4.78 is 0. The molecule has 0 aliphatic rings. The second-order valence-electron chi connectivity index (χ2n) is 5.91. The van der Waals surface area contributed by atoms with Gasteiger partial charge in [0.1, 0.15) is 23.2 Å². The zero-order chi connectivity index (χ0) is 14.6. The number of nitrogens with one attached hydrogen (secondary N) is 1. The van der Waals surface area contributed by atoms with Gasteiger partial charge in [-0.15, -0.1) is 0 Å². The van der Waals surface area contributed by atoms with Crippen LogP contribution in [0, 0.1) is 6.92 Å². The minimum atomic E-state index is -0.0456. The maximum atomic E-state index is 11.0. The number of hydrogen-bond acceptors (Lipinski definition) is 5. The summed E-state index contributed by atoms with van der Waals surface area (Å²) in [4.78, 5) is 21.8. The van der Waals surface area contributed by atoms with Crippen molar-refractivity contribution >= 4 is 17.4 Å². The van der Waals surface area contributed by atoms with E-state index < -0.39 is 0 Å². The van der Waals surface area contributed by atoms with Crippen molar-refractivity contribution in [2.45, 2.75) is 46.6 Å². The lowest BCUT2D eigenvalue weighted by atomic mass is 10.1. The molecular weight excluding hydrogens is 240 g/mol. The highest BCUT2D eigenvalue weighted by Crippen LogP contribution is 2.18. The van der Waals surface area contributed by atoms with Gasteiger partial charge in [0.05, 0.1) is 0 Å². The van der Waals surface area contributed by atoms with Gasteiger partial charge in [0.15, 0.2) is 0 Å². The lowest BCUT2D eigenvalue weighted by Crippen LogP contribution is -2.28. The summed E-state index contributed by atoms with van der Waals surface area (Å²) in [6, 6.07) is 1.92. The molecule has 1 aromatic heterocycles. The maximum Gasteiger partial charge on any atom is 0.134 e. The molecule has 0 bridgehead atoms. The number of aromatic nitrogens is 2. The molecule has 0 aliphatic heterocycles. The van der Waals surface area contributed by atoms with Gasteiger partial charge in [0.25, 0.3) is 0 Å². The maximum absolute atomic E-state index is 11.0. The van der Waals surface area contributed by atoms with Gasteiger partial charge in [0, 0.05) is 31.6 Å².